The number of hydrogen-bond donors (Lipinski definition) is 3. The first-order valence-corrected chi connectivity index (χ1v) is 11.8. The summed E-state index contributed by atoms with van der Waals surface area (Å²) in [5.74, 6) is -2.45. The molecule has 0 saturated carbocycles. The second-order valence-corrected chi connectivity index (χ2v) is 8.64. The van der Waals surface area contributed by atoms with E-state index in [0.29, 0.717) is 22.0 Å². The van der Waals surface area contributed by atoms with Crippen molar-refractivity contribution in [2.24, 2.45) is 0 Å². The topological polar surface area (TPSA) is 105 Å². The van der Waals surface area contributed by atoms with Crippen LogP contribution in [0.1, 0.15) is 68.6 Å². The number of carbonyl (C=O) groups is 2. The minimum atomic E-state index is -5.08. The van der Waals surface area contributed by atoms with Crippen LogP contribution >= 0.6 is 11.6 Å². The number of halogens is 4. The Morgan fingerprint density at radius 3 is 2.26 bits per heavy atom. The molecule has 0 aromatic heterocycles. The van der Waals surface area contributed by atoms with Gasteiger partial charge in [-0.25, -0.2) is 4.79 Å². The monoisotopic (exact) mass is 509 g/mol. The fourth-order valence-corrected chi connectivity index (χ4v) is 3.76. The minimum Gasteiger partial charge on any atom is -0.496 e. The van der Waals surface area contributed by atoms with Crippen molar-refractivity contribution in [3.05, 3.63) is 22.7 Å². The van der Waals surface area contributed by atoms with Gasteiger partial charge in [-0.2, -0.15) is 13.2 Å². The summed E-state index contributed by atoms with van der Waals surface area (Å²) in [6.07, 6.45) is 4.85. The number of amides is 1. The Morgan fingerprint density at radius 2 is 1.74 bits per heavy atom. The molecule has 0 aliphatic carbocycles. The Bertz CT molecular complexity index is 785. The molecule has 7 nitrogen and oxygen atoms in total. The summed E-state index contributed by atoms with van der Waals surface area (Å²) in [5, 5.41) is 10.6. The minimum absolute atomic E-state index is 0.150. The summed E-state index contributed by atoms with van der Waals surface area (Å²) in [6, 6.07) is 3.37. The van der Waals surface area contributed by atoms with Crippen LogP contribution in [0.4, 0.5) is 18.9 Å². The largest absolute Gasteiger partial charge is 0.496 e. The van der Waals surface area contributed by atoms with Gasteiger partial charge in [-0.3, -0.25) is 4.79 Å². The number of carbonyl (C=O) groups excluding carboxylic acids is 1. The average Bonchev–Trinajstić information content (AvgIpc) is 2.78. The molecule has 0 spiro atoms. The maximum atomic E-state index is 12.6. The fourth-order valence-electron chi connectivity index (χ4n) is 3.60. The van der Waals surface area contributed by atoms with Crippen LogP contribution in [0.2, 0.25) is 5.02 Å². The third-order valence-corrected chi connectivity index (χ3v) is 5.88. The number of likely N-dealkylation sites (tertiary alicyclic amines) is 1. The predicted octanol–water partition coefficient (Wildman–Crippen LogP) is 5.12. The van der Waals surface area contributed by atoms with E-state index in [1.54, 1.807) is 12.1 Å². The summed E-state index contributed by atoms with van der Waals surface area (Å²) in [6.45, 7) is 5.51. The quantitative estimate of drug-likeness (QED) is 0.299. The Kier molecular flexibility index (Phi) is 13.1. The van der Waals surface area contributed by atoms with E-state index in [1.807, 2.05) is 0 Å². The van der Waals surface area contributed by atoms with E-state index >= 15 is 0 Å². The Morgan fingerprint density at radius 1 is 1.18 bits per heavy atom. The van der Waals surface area contributed by atoms with Crippen LogP contribution in [0.15, 0.2) is 12.1 Å². The van der Waals surface area contributed by atoms with Gasteiger partial charge in [0, 0.05) is 25.2 Å². The normalized spacial score (nSPS) is 14.8. The number of piperidine rings is 1. The van der Waals surface area contributed by atoms with Crippen LogP contribution in [0.25, 0.3) is 0 Å². The van der Waals surface area contributed by atoms with Crippen LogP contribution in [-0.4, -0.2) is 60.8 Å². The van der Waals surface area contributed by atoms with Gasteiger partial charge in [0.1, 0.15) is 5.75 Å². The van der Waals surface area contributed by atoms with Gasteiger partial charge in [-0.15, -0.1) is 0 Å². The van der Waals surface area contributed by atoms with Gasteiger partial charge < -0.3 is 25.8 Å². The zero-order valence-electron chi connectivity index (χ0n) is 19.7. The molecule has 1 amide bonds. The molecule has 4 N–H and O–H groups in total. The smallest absolute Gasteiger partial charge is 0.490 e. The summed E-state index contributed by atoms with van der Waals surface area (Å²) < 4.78 is 37.0. The first-order chi connectivity index (χ1) is 16.0. The number of nitrogens with zero attached hydrogens (tertiary/aromatic N) is 1. The Hall–Kier alpha value is -2.20. The van der Waals surface area contributed by atoms with E-state index in [9.17, 15) is 18.0 Å². The van der Waals surface area contributed by atoms with Gasteiger partial charge in [0.25, 0.3) is 5.91 Å². The number of methoxy groups -OCH3 is 1. The molecule has 2 rings (SSSR count). The van der Waals surface area contributed by atoms with Crippen LogP contribution in [-0.2, 0) is 4.79 Å². The number of unbranched alkanes of at least 4 members (excludes halogenated alkanes) is 5. The number of rotatable bonds is 10. The standard InChI is InChI=1S/C21H34ClN3O2.C2HF3O2/c1-3-4-5-6-7-8-11-25-12-9-16(10-13-25)24-21(26)17-14-18(22)19(23)15-20(17)27-2;3-2(4,5)1(6)7/h14-16H,3-13,23H2,1-2H3,(H,24,26);(H,6,7). The molecule has 11 heteroatoms. The van der Waals surface area contributed by atoms with Gasteiger partial charge >= 0.3 is 12.1 Å². The summed E-state index contributed by atoms with van der Waals surface area (Å²) in [7, 11) is 1.53. The Balaban J connectivity index is 0.000000718. The van der Waals surface area contributed by atoms with E-state index in [1.165, 1.54) is 52.2 Å². The molecular formula is C23H35ClF3N3O4. The van der Waals surface area contributed by atoms with Gasteiger partial charge in [-0.05, 0) is 31.9 Å². The van der Waals surface area contributed by atoms with Crippen LogP contribution in [0.3, 0.4) is 0 Å². The molecule has 0 atom stereocenters. The average molecular weight is 510 g/mol. The van der Waals surface area contributed by atoms with Gasteiger partial charge in [0.15, 0.2) is 0 Å². The summed E-state index contributed by atoms with van der Waals surface area (Å²) in [5.41, 5.74) is 6.64. The number of aliphatic carboxylic acids is 1. The highest BCUT2D eigenvalue weighted by atomic mass is 35.5. The molecular weight excluding hydrogens is 475 g/mol. The molecule has 1 aromatic rings. The van der Waals surface area contributed by atoms with Crippen LogP contribution < -0.4 is 15.8 Å². The molecule has 34 heavy (non-hydrogen) atoms. The van der Waals surface area contributed by atoms with E-state index in [-0.39, 0.29) is 11.9 Å². The fraction of sp³-hybridized carbons (Fsp3) is 0.652. The lowest BCUT2D eigenvalue weighted by Gasteiger charge is -2.32. The number of benzene rings is 1. The molecule has 0 bridgehead atoms. The number of alkyl halides is 3. The molecule has 0 radical (unpaired) electrons. The predicted molar refractivity (Wildman–Crippen MR) is 126 cm³/mol. The van der Waals surface area contributed by atoms with E-state index < -0.39 is 12.1 Å². The maximum Gasteiger partial charge on any atom is 0.490 e. The van der Waals surface area contributed by atoms with Crippen molar-refractivity contribution < 1.29 is 32.6 Å². The third kappa shape index (κ3) is 10.8. The lowest BCUT2D eigenvalue weighted by molar-refractivity contribution is -0.192. The van der Waals surface area contributed by atoms with E-state index in [0.717, 1.165) is 25.9 Å². The molecule has 1 heterocycles. The van der Waals surface area contributed by atoms with E-state index in [2.05, 4.69) is 17.1 Å². The maximum absolute atomic E-state index is 12.6. The van der Waals surface area contributed by atoms with Crippen LogP contribution in [0, 0.1) is 0 Å². The highest BCUT2D eigenvalue weighted by Gasteiger charge is 2.38. The number of ether oxygens (including phenoxy) is 1. The second-order valence-electron chi connectivity index (χ2n) is 8.23. The summed E-state index contributed by atoms with van der Waals surface area (Å²) in [4.78, 5) is 24.0. The molecule has 1 aliphatic heterocycles. The third-order valence-electron chi connectivity index (χ3n) is 5.56. The van der Waals surface area contributed by atoms with Crippen LogP contribution in [0.5, 0.6) is 5.75 Å². The molecule has 1 fully saturated rings. The van der Waals surface area contributed by atoms with Crippen molar-refractivity contribution in [1.29, 1.82) is 0 Å². The number of carboxylic acid groups (broad SMARTS) is 1. The SMILES string of the molecule is CCCCCCCCN1CCC(NC(=O)c2cc(Cl)c(N)cc2OC)CC1.O=C(O)C(F)(F)F. The first kappa shape index (κ1) is 29.8. The van der Waals surface area contributed by atoms with Crippen molar-refractivity contribution in [2.45, 2.75) is 70.5 Å². The molecule has 194 valence electrons. The highest BCUT2D eigenvalue weighted by Crippen LogP contribution is 2.29. The van der Waals surface area contributed by atoms with Crippen molar-refractivity contribution >= 4 is 29.2 Å². The van der Waals surface area contributed by atoms with Gasteiger partial charge in [-0.1, -0.05) is 50.6 Å². The zero-order valence-corrected chi connectivity index (χ0v) is 20.5. The molecule has 0 unspecified atom stereocenters. The number of nitrogens with one attached hydrogen (secondary N) is 1. The lowest BCUT2D eigenvalue weighted by Crippen LogP contribution is -2.44. The molecule has 1 saturated heterocycles. The second kappa shape index (κ2) is 14.9. The highest BCUT2D eigenvalue weighted by molar-refractivity contribution is 6.33. The zero-order chi connectivity index (χ0) is 25.7. The molecule has 1 aromatic carbocycles. The van der Waals surface area contributed by atoms with Crippen molar-refractivity contribution in [3.8, 4) is 5.75 Å². The number of nitrogen functional groups attached to an aromatic ring is 1. The number of anilines is 1. The van der Waals surface area contributed by atoms with Crippen molar-refractivity contribution in [3.63, 3.8) is 0 Å². The van der Waals surface area contributed by atoms with E-state index in [4.69, 9.17) is 32.0 Å². The summed E-state index contributed by atoms with van der Waals surface area (Å²) >= 11 is 6.07. The molecule has 1 aliphatic rings. The first-order valence-electron chi connectivity index (χ1n) is 11.5. The van der Waals surface area contributed by atoms with Crippen molar-refractivity contribution in [1.82, 2.24) is 10.2 Å². The number of hydrogen-bond acceptors (Lipinski definition) is 5. The number of carboxylic acids is 1. The lowest BCUT2D eigenvalue weighted by atomic mass is 10.0. The van der Waals surface area contributed by atoms with Crippen molar-refractivity contribution in [2.75, 3.05) is 32.5 Å². The number of nitrogens with two attached hydrogens (primary N) is 1. The van der Waals surface area contributed by atoms with Gasteiger partial charge in [0.05, 0.1) is 23.4 Å². The Labute approximate surface area is 203 Å². The van der Waals surface area contributed by atoms with Gasteiger partial charge in [0.2, 0.25) is 0 Å².